The predicted molar refractivity (Wildman–Crippen MR) is 136 cm³/mol. The summed E-state index contributed by atoms with van der Waals surface area (Å²) in [6.07, 6.45) is 4.68. The Labute approximate surface area is 202 Å². The van der Waals surface area contributed by atoms with Crippen molar-refractivity contribution in [3.63, 3.8) is 0 Å². The van der Waals surface area contributed by atoms with E-state index in [-0.39, 0.29) is 0 Å². The summed E-state index contributed by atoms with van der Waals surface area (Å²) in [6, 6.07) is 11.4. The van der Waals surface area contributed by atoms with Gasteiger partial charge in [-0.2, -0.15) is 0 Å². The highest BCUT2D eigenvalue weighted by Gasteiger charge is 2.35. The van der Waals surface area contributed by atoms with E-state index >= 15 is 0 Å². The third-order valence-electron chi connectivity index (χ3n) is 6.45. The van der Waals surface area contributed by atoms with Gasteiger partial charge in [0.15, 0.2) is 0 Å². The van der Waals surface area contributed by atoms with E-state index in [1.807, 2.05) is 42.6 Å². The van der Waals surface area contributed by atoms with Crippen LogP contribution < -0.4 is 20.1 Å². The third kappa shape index (κ3) is 3.95. The summed E-state index contributed by atoms with van der Waals surface area (Å²) >= 11 is 0. The number of H-pyrrole nitrogens is 1. The first-order valence-corrected chi connectivity index (χ1v) is 11.7. The first-order chi connectivity index (χ1) is 17.0. The first kappa shape index (κ1) is 22.7. The van der Waals surface area contributed by atoms with Crippen molar-refractivity contribution in [1.29, 1.82) is 0 Å². The molecule has 3 N–H and O–H groups in total. The molecule has 180 valence electrons. The second-order valence-corrected chi connectivity index (χ2v) is 8.47. The number of aromatic nitrogens is 2. The SMILES string of the molecule is CCNCCCn1cc(C2=C(c3c[nH]c4ccc(OC)cc34)C(=O)NC2=O)c2cc(OC)ccc21. The predicted octanol–water partition coefficient (Wildman–Crippen LogP) is 3.71. The molecular formula is C27H28N4O4. The number of carbonyl (C=O) groups is 2. The number of imide groups is 1. The highest BCUT2D eigenvalue weighted by atomic mass is 16.5. The lowest BCUT2D eigenvalue weighted by atomic mass is 9.95. The second-order valence-electron chi connectivity index (χ2n) is 8.47. The van der Waals surface area contributed by atoms with Crippen molar-refractivity contribution in [2.75, 3.05) is 27.3 Å². The minimum absolute atomic E-state index is 0.351. The molecule has 2 amide bonds. The number of fused-ring (bicyclic) bond motifs is 2. The number of amides is 2. The molecule has 8 nitrogen and oxygen atoms in total. The van der Waals surface area contributed by atoms with Crippen LogP contribution in [0, 0.1) is 0 Å². The number of aryl methyl sites for hydroxylation is 1. The molecule has 5 rings (SSSR count). The van der Waals surface area contributed by atoms with E-state index < -0.39 is 11.8 Å². The van der Waals surface area contributed by atoms with Crippen LogP contribution in [0.25, 0.3) is 33.0 Å². The number of methoxy groups -OCH3 is 2. The van der Waals surface area contributed by atoms with Crippen LogP contribution in [0.5, 0.6) is 11.5 Å². The maximum Gasteiger partial charge on any atom is 0.259 e. The quantitative estimate of drug-likeness (QED) is 0.255. The molecule has 0 bridgehead atoms. The van der Waals surface area contributed by atoms with Gasteiger partial charge in [-0.1, -0.05) is 6.92 Å². The summed E-state index contributed by atoms with van der Waals surface area (Å²) in [5, 5.41) is 7.54. The Bertz CT molecular complexity index is 1480. The number of carbonyl (C=O) groups excluding carboxylic acids is 2. The number of aromatic amines is 1. The molecule has 2 aromatic carbocycles. The van der Waals surface area contributed by atoms with Crippen LogP contribution in [0.3, 0.4) is 0 Å². The number of nitrogens with zero attached hydrogens (tertiary/aromatic N) is 1. The molecule has 3 heterocycles. The van der Waals surface area contributed by atoms with Crippen molar-refractivity contribution in [1.82, 2.24) is 20.2 Å². The Kier molecular flexibility index (Phi) is 6.05. The van der Waals surface area contributed by atoms with E-state index in [1.165, 1.54) is 0 Å². The molecule has 0 spiro atoms. The van der Waals surface area contributed by atoms with Crippen molar-refractivity contribution >= 4 is 44.8 Å². The molecule has 35 heavy (non-hydrogen) atoms. The molecule has 0 radical (unpaired) electrons. The molecular weight excluding hydrogens is 444 g/mol. The molecule has 1 aliphatic rings. The van der Waals surface area contributed by atoms with Gasteiger partial charge in [-0.05, 0) is 55.9 Å². The zero-order valence-electron chi connectivity index (χ0n) is 20.0. The molecule has 0 fully saturated rings. The van der Waals surface area contributed by atoms with Crippen LogP contribution >= 0.6 is 0 Å². The van der Waals surface area contributed by atoms with E-state index in [1.54, 1.807) is 20.4 Å². The van der Waals surface area contributed by atoms with Crippen molar-refractivity contribution in [3.8, 4) is 11.5 Å². The van der Waals surface area contributed by atoms with E-state index in [4.69, 9.17) is 9.47 Å². The van der Waals surface area contributed by atoms with Crippen LogP contribution in [0.1, 0.15) is 24.5 Å². The number of ether oxygens (including phenoxy) is 2. The minimum atomic E-state index is -0.412. The topological polar surface area (TPSA) is 97.4 Å². The Morgan fingerprint density at radius 2 is 1.60 bits per heavy atom. The average Bonchev–Trinajstić information content (AvgIpc) is 3.53. The summed E-state index contributed by atoms with van der Waals surface area (Å²) in [7, 11) is 3.21. The Balaban J connectivity index is 1.72. The van der Waals surface area contributed by atoms with E-state index in [2.05, 4.69) is 27.1 Å². The van der Waals surface area contributed by atoms with Crippen molar-refractivity contribution in [2.45, 2.75) is 19.9 Å². The lowest BCUT2D eigenvalue weighted by Crippen LogP contribution is -2.22. The van der Waals surface area contributed by atoms with E-state index in [0.717, 1.165) is 47.9 Å². The van der Waals surface area contributed by atoms with Crippen LogP contribution in [0.15, 0.2) is 48.8 Å². The fourth-order valence-electron chi connectivity index (χ4n) is 4.74. The number of nitrogens with one attached hydrogen (secondary N) is 3. The lowest BCUT2D eigenvalue weighted by molar-refractivity contribution is -0.122. The molecule has 0 saturated heterocycles. The van der Waals surface area contributed by atoms with Gasteiger partial charge in [0.1, 0.15) is 11.5 Å². The highest BCUT2D eigenvalue weighted by Crippen LogP contribution is 2.39. The largest absolute Gasteiger partial charge is 0.497 e. The van der Waals surface area contributed by atoms with Gasteiger partial charge in [-0.3, -0.25) is 14.9 Å². The van der Waals surface area contributed by atoms with Crippen LogP contribution in [-0.4, -0.2) is 48.7 Å². The fraction of sp³-hybridized carbons (Fsp3) is 0.259. The summed E-state index contributed by atoms with van der Waals surface area (Å²) < 4.78 is 13.0. The third-order valence-corrected chi connectivity index (χ3v) is 6.45. The van der Waals surface area contributed by atoms with Gasteiger partial charge in [-0.25, -0.2) is 0 Å². The van der Waals surface area contributed by atoms with Crippen LogP contribution in [-0.2, 0) is 16.1 Å². The van der Waals surface area contributed by atoms with Gasteiger partial charge < -0.3 is 24.3 Å². The number of benzene rings is 2. The smallest absolute Gasteiger partial charge is 0.259 e. The standard InChI is InChI=1S/C27H28N4O4/c1-4-28-10-5-11-31-15-21(19-13-17(35-3)7-9-23(19)31)25-24(26(32)30-27(25)33)20-14-29-22-8-6-16(34-2)12-18(20)22/h6-9,12-15,28-29H,4-5,10-11H2,1-3H3,(H,30,32,33). The van der Waals surface area contributed by atoms with E-state index in [9.17, 15) is 9.59 Å². The van der Waals surface area contributed by atoms with Crippen molar-refractivity contribution in [2.24, 2.45) is 0 Å². The van der Waals surface area contributed by atoms with Gasteiger partial charge in [0.05, 0.1) is 25.4 Å². The maximum atomic E-state index is 13.2. The lowest BCUT2D eigenvalue weighted by Gasteiger charge is -2.06. The Morgan fingerprint density at radius 3 is 2.31 bits per heavy atom. The maximum absolute atomic E-state index is 13.2. The minimum Gasteiger partial charge on any atom is -0.497 e. The molecule has 0 saturated carbocycles. The van der Waals surface area contributed by atoms with Gasteiger partial charge >= 0.3 is 0 Å². The number of hydrogen-bond acceptors (Lipinski definition) is 5. The Morgan fingerprint density at radius 1 is 0.914 bits per heavy atom. The molecule has 8 heteroatoms. The van der Waals surface area contributed by atoms with Crippen molar-refractivity contribution < 1.29 is 19.1 Å². The molecule has 4 aromatic rings. The number of rotatable bonds is 9. The van der Waals surface area contributed by atoms with Crippen LogP contribution in [0.4, 0.5) is 0 Å². The summed E-state index contributed by atoms with van der Waals surface area (Å²) in [6.45, 7) is 4.67. The summed E-state index contributed by atoms with van der Waals surface area (Å²) in [5.41, 5.74) is 3.92. The van der Waals surface area contributed by atoms with E-state index in [0.29, 0.717) is 33.8 Å². The van der Waals surface area contributed by atoms with Gasteiger partial charge in [0.2, 0.25) is 0 Å². The molecule has 0 atom stereocenters. The van der Waals surface area contributed by atoms with Crippen LogP contribution in [0.2, 0.25) is 0 Å². The van der Waals surface area contributed by atoms with Gasteiger partial charge in [0, 0.05) is 51.9 Å². The second kappa shape index (κ2) is 9.31. The molecule has 0 aliphatic carbocycles. The van der Waals surface area contributed by atoms with Gasteiger partial charge in [0.25, 0.3) is 11.8 Å². The number of hydrogen-bond donors (Lipinski definition) is 3. The zero-order valence-corrected chi connectivity index (χ0v) is 20.0. The zero-order chi connectivity index (χ0) is 24.5. The summed E-state index contributed by atoms with van der Waals surface area (Å²) in [5.74, 6) is 0.543. The molecule has 1 aliphatic heterocycles. The first-order valence-electron chi connectivity index (χ1n) is 11.7. The van der Waals surface area contributed by atoms with Gasteiger partial charge in [-0.15, -0.1) is 0 Å². The Hall–Kier alpha value is -4.04. The molecule has 0 unspecified atom stereocenters. The molecule has 2 aromatic heterocycles. The highest BCUT2D eigenvalue weighted by molar-refractivity contribution is 6.50. The monoisotopic (exact) mass is 472 g/mol. The fourth-order valence-corrected chi connectivity index (χ4v) is 4.74. The summed E-state index contributed by atoms with van der Waals surface area (Å²) in [4.78, 5) is 29.5. The normalized spacial score (nSPS) is 13.8. The van der Waals surface area contributed by atoms with Crippen molar-refractivity contribution in [3.05, 3.63) is 59.9 Å². The average molecular weight is 473 g/mol.